The molecular formula is C13H26N2O4S. The summed E-state index contributed by atoms with van der Waals surface area (Å²) < 4.78 is 32.1. The molecule has 1 rings (SSSR count). The summed E-state index contributed by atoms with van der Waals surface area (Å²) >= 11 is 0. The second-order valence-corrected chi connectivity index (χ2v) is 7.20. The predicted molar refractivity (Wildman–Crippen MR) is 77.4 cm³/mol. The molecule has 0 bridgehead atoms. The number of nitrogens with one attached hydrogen (secondary N) is 1. The molecule has 0 amide bonds. The van der Waals surface area contributed by atoms with E-state index in [1.807, 2.05) is 0 Å². The summed E-state index contributed by atoms with van der Waals surface area (Å²) in [4.78, 5) is 11.0. The van der Waals surface area contributed by atoms with E-state index in [9.17, 15) is 13.2 Å². The minimum Gasteiger partial charge on any atom is -0.469 e. The zero-order valence-corrected chi connectivity index (χ0v) is 13.2. The number of ether oxygens (including phenoxy) is 1. The summed E-state index contributed by atoms with van der Waals surface area (Å²) in [6.07, 6.45) is 7.20. The van der Waals surface area contributed by atoms with Crippen LogP contribution in [0.25, 0.3) is 0 Å². The molecule has 20 heavy (non-hydrogen) atoms. The van der Waals surface area contributed by atoms with Gasteiger partial charge in [0, 0.05) is 20.1 Å². The minimum absolute atomic E-state index is 0.0660. The number of esters is 1. The van der Waals surface area contributed by atoms with Crippen molar-refractivity contribution in [3.63, 3.8) is 0 Å². The van der Waals surface area contributed by atoms with Crippen molar-refractivity contribution in [1.29, 1.82) is 0 Å². The van der Waals surface area contributed by atoms with E-state index in [2.05, 4.69) is 9.46 Å². The van der Waals surface area contributed by atoms with E-state index >= 15 is 0 Å². The maximum Gasteiger partial charge on any atom is 0.306 e. The number of rotatable bonds is 8. The molecule has 1 saturated carbocycles. The average molecular weight is 306 g/mol. The van der Waals surface area contributed by atoms with Crippen LogP contribution in [0.4, 0.5) is 0 Å². The highest BCUT2D eigenvalue weighted by Gasteiger charge is 2.19. The Morgan fingerprint density at radius 3 is 2.55 bits per heavy atom. The first-order valence-electron chi connectivity index (χ1n) is 7.23. The first-order valence-corrected chi connectivity index (χ1v) is 8.67. The van der Waals surface area contributed by atoms with Gasteiger partial charge in [-0.15, -0.1) is 0 Å². The van der Waals surface area contributed by atoms with Gasteiger partial charge < -0.3 is 4.74 Å². The van der Waals surface area contributed by atoms with Crippen molar-refractivity contribution in [1.82, 2.24) is 9.03 Å². The molecule has 1 N–H and O–H groups in total. The third-order valence-electron chi connectivity index (χ3n) is 3.83. The highest BCUT2D eigenvalue weighted by molar-refractivity contribution is 7.87. The van der Waals surface area contributed by atoms with E-state index in [-0.39, 0.29) is 13.0 Å². The van der Waals surface area contributed by atoms with E-state index in [0.717, 1.165) is 10.7 Å². The fraction of sp³-hybridized carbons (Fsp3) is 0.923. The summed E-state index contributed by atoms with van der Waals surface area (Å²) in [5, 5.41) is 0. The summed E-state index contributed by atoms with van der Waals surface area (Å²) in [5.41, 5.74) is 0. The zero-order chi connectivity index (χ0) is 15.0. The Kier molecular flexibility index (Phi) is 7.47. The number of nitrogens with zero attached hydrogens (tertiary/aromatic N) is 1. The van der Waals surface area contributed by atoms with Gasteiger partial charge in [-0.2, -0.15) is 12.7 Å². The summed E-state index contributed by atoms with van der Waals surface area (Å²) in [7, 11) is -0.734. The first kappa shape index (κ1) is 17.4. The van der Waals surface area contributed by atoms with Crippen LogP contribution in [0.2, 0.25) is 0 Å². The third kappa shape index (κ3) is 6.19. The molecule has 0 aromatic carbocycles. The molecule has 0 radical (unpaired) electrons. The third-order valence-corrected chi connectivity index (χ3v) is 5.40. The average Bonchev–Trinajstić information content (AvgIpc) is 2.45. The second-order valence-electron chi connectivity index (χ2n) is 5.34. The molecule has 1 fully saturated rings. The summed E-state index contributed by atoms with van der Waals surface area (Å²) in [6, 6.07) is 0. The van der Waals surface area contributed by atoms with Gasteiger partial charge in [0.2, 0.25) is 0 Å². The van der Waals surface area contributed by atoms with Gasteiger partial charge >= 0.3 is 5.97 Å². The molecule has 6 nitrogen and oxygen atoms in total. The smallest absolute Gasteiger partial charge is 0.306 e. The Morgan fingerprint density at radius 2 is 1.95 bits per heavy atom. The number of methoxy groups -OCH3 is 1. The summed E-state index contributed by atoms with van der Waals surface area (Å²) in [6.45, 7) is 0.598. The van der Waals surface area contributed by atoms with Crippen LogP contribution in [-0.2, 0) is 19.7 Å². The van der Waals surface area contributed by atoms with Gasteiger partial charge in [0.05, 0.1) is 13.5 Å². The van der Waals surface area contributed by atoms with Crippen LogP contribution in [0.1, 0.15) is 44.9 Å². The largest absolute Gasteiger partial charge is 0.469 e. The lowest BCUT2D eigenvalue weighted by atomic mass is 9.87. The van der Waals surface area contributed by atoms with E-state index in [4.69, 9.17) is 0 Å². The molecule has 1 aliphatic rings. The lowest BCUT2D eigenvalue weighted by molar-refractivity contribution is -0.140. The highest BCUT2D eigenvalue weighted by atomic mass is 32.2. The van der Waals surface area contributed by atoms with Crippen LogP contribution < -0.4 is 4.72 Å². The van der Waals surface area contributed by atoms with Crippen LogP contribution in [0.15, 0.2) is 0 Å². The second kappa shape index (κ2) is 8.59. The Morgan fingerprint density at radius 1 is 1.30 bits per heavy atom. The fourth-order valence-electron chi connectivity index (χ4n) is 2.45. The number of carbonyl (C=O) groups excluding carboxylic acids is 1. The normalized spacial score (nSPS) is 17.4. The van der Waals surface area contributed by atoms with Gasteiger partial charge in [-0.3, -0.25) is 4.79 Å². The van der Waals surface area contributed by atoms with Gasteiger partial charge in [0.1, 0.15) is 0 Å². The number of carbonyl (C=O) groups is 1. The van der Waals surface area contributed by atoms with Crippen molar-refractivity contribution in [3.8, 4) is 0 Å². The quantitative estimate of drug-likeness (QED) is 0.686. The predicted octanol–water partition coefficient (Wildman–Crippen LogP) is 1.29. The van der Waals surface area contributed by atoms with Crippen molar-refractivity contribution < 1.29 is 17.9 Å². The molecule has 0 aliphatic heterocycles. The van der Waals surface area contributed by atoms with Crippen LogP contribution >= 0.6 is 0 Å². The minimum atomic E-state index is -3.49. The van der Waals surface area contributed by atoms with Crippen molar-refractivity contribution >= 4 is 16.2 Å². The molecule has 1 aliphatic carbocycles. The van der Waals surface area contributed by atoms with E-state index < -0.39 is 16.2 Å². The molecule has 0 unspecified atom stereocenters. The fourth-order valence-corrected chi connectivity index (χ4v) is 3.38. The summed E-state index contributed by atoms with van der Waals surface area (Å²) in [5.74, 6) is 0.237. The van der Waals surface area contributed by atoms with Gasteiger partial charge in [0.25, 0.3) is 10.2 Å². The molecule has 7 heteroatoms. The van der Waals surface area contributed by atoms with Crippen molar-refractivity contribution in [2.75, 3.05) is 27.2 Å². The molecule has 0 aromatic rings. The molecule has 0 heterocycles. The Labute approximate surface area is 122 Å². The van der Waals surface area contributed by atoms with Gasteiger partial charge in [0.15, 0.2) is 0 Å². The van der Waals surface area contributed by atoms with E-state index in [1.54, 1.807) is 0 Å². The van der Waals surface area contributed by atoms with Crippen molar-refractivity contribution in [3.05, 3.63) is 0 Å². The van der Waals surface area contributed by atoms with Gasteiger partial charge in [-0.05, 0) is 12.3 Å². The standard InChI is InChI=1S/C13H26N2O4S/c1-15(11-9-13(16)19-2)20(17,18)14-10-8-12-6-4-3-5-7-12/h12,14H,3-11H2,1-2H3. The molecule has 0 atom stereocenters. The van der Waals surface area contributed by atoms with Crippen LogP contribution in [0.5, 0.6) is 0 Å². The lowest BCUT2D eigenvalue weighted by Crippen LogP contribution is -2.40. The van der Waals surface area contributed by atoms with Crippen LogP contribution in [0, 0.1) is 5.92 Å². The Bertz CT molecular complexity index is 391. The zero-order valence-electron chi connectivity index (χ0n) is 12.4. The maximum atomic E-state index is 11.9. The lowest BCUT2D eigenvalue weighted by Gasteiger charge is -2.22. The molecule has 0 spiro atoms. The Hall–Kier alpha value is -0.660. The Balaban J connectivity index is 2.27. The topological polar surface area (TPSA) is 75.7 Å². The van der Waals surface area contributed by atoms with Crippen LogP contribution in [-0.4, -0.2) is 45.9 Å². The maximum absolute atomic E-state index is 11.9. The molecule has 0 aromatic heterocycles. The van der Waals surface area contributed by atoms with Crippen molar-refractivity contribution in [2.45, 2.75) is 44.9 Å². The first-order chi connectivity index (χ1) is 9.45. The molecular weight excluding hydrogens is 280 g/mol. The number of hydrogen-bond acceptors (Lipinski definition) is 4. The van der Waals surface area contributed by atoms with Crippen molar-refractivity contribution in [2.24, 2.45) is 5.92 Å². The van der Waals surface area contributed by atoms with E-state index in [1.165, 1.54) is 46.3 Å². The van der Waals surface area contributed by atoms with Gasteiger partial charge in [-0.1, -0.05) is 32.1 Å². The number of hydrogen-bond donors (Lipinski definition) is 1. The molecule has 118 valence electrons. The highest BCUT2D eigenvalue weighted by Crippen LogP contribution is 2.25. The molecule has 0 saturated heterocycles. The van der Waals surface area contributed by atoms with Gasteiger partial charge in [-0.25, -0.2) is 4.72 Å². The van der Waals surface area contributed by atoms with E-state index in [0.29, 0.717) is 12.5 Å². The monoisotopic (exact) mass is 306 g/mol. The SMILES string of the molecule is COC(=O)CCN(C)S(=O)(=O)NCCC1CCCCC1. The van der Waals surface area contributed by atoms with Crippen LogP contribution in [0.3, 0.4) is 0 Å².